The van der Waals surface area contributed by atoms with Crippen molar-refractivity contribution in [1.29, 1.82) is 0 Å². The zero-order valence-electron chi connectivity index (χ0n) is 11.0. The highest BCUT2D eigenvalue weighted by atomic mass is 16.3. The van der Waals surface area contributed by atoms with E-state index in [9.17, 15) is 5.11 Å². The fourth-order valence-electron chi connectivity index (χ4n) is 2.23. The molecule has 0 saturated heterocycles. The topological polar surface area (TPSA) is 56.6 Å². The molecule has 0 amide bonds. The summed E-state index contributed by atoms with van der Waals surface area (Å²) in [5.74, 6) is 0.904. The number of aliphatic hydroxyl groups is 2. The lowest BCUT2D eigenvalue weighted by Crippen LogP contribution is -2.30. The Balaban J connectivity index is 2.25. The Bertz CT molecular complexity index is 391. The normalized spacial score (nSPS) is 14.8. The maximum atomic E-state index is 9.32. The molecule has 0 unspecified atom stereocenters. The summed E-state index contributed by atoms with van der Waals surface area (Å²) in [4.78, 5) is 6.82. The molecule has 0 spiro atoms. The first kappa shape index (κ1) is 13.3. The van der Waals surface area contributed by atoms with Gasteiger partial charge in [0, 0.05) is 18.3 Å². The molecule has 1 aliphatic rings. The SMILES string of the molecule is CCCc1cc(CO)cc(N(CCO)C2CC2)n1. The lowest BCUT2D eigenvalue weighted by Gasteiger charge is -2.23. The highest BCUT2D eigenvalue weighted by Gasteiger charge is 2.29. The van der Waals surface area contributed by atoms with Gasteiger partial charge in [-0.3, -0.25) is 0 Å². The second kappa shape index (κ2) is 6.16. The molecule has 1 saturated carbocycles. The standard InChI is InChI=1S/C14H22N2O2/c1-2-3-12-8-11(10-18)9-14(15-12)16(6-7-17)13-4-5-13/h8-9,13,17-18H,2-7,10H2,1H3. The van der Waals surface area contributed by atoms with E-state index in [1.807, 2.05) is 12.1 Å². The minimum absolute atomic E-state index is 0.0455. The van der Waals surface area contributed by atoms with Crippen LogP contribution in [0.2, 0.25) is 0 Å². The molecule has 1 aromatic heterocycles. The minimum Gasteiger partial charge on any atom is -0.395 e. The molecule has 100 valence electrons. The van der Waals surface area contributed by atoms with E-state index in [0.29, 0.717) is 12.6 Å². The molecule has 0 aromatic carbocycles. The van der Waals surface area contributed by atoms with E-state index in [1.54, 1.807) is 0 Å². The third-order valence-corrected chi connectivity index (χ3v) is 3.24. The van der Waals surface area contributed by atoms with Gasteiger partial charge in [0.05, 0.1) is 13.2 Å². The molecule has 0 atom stereocenters. The van der Waals surface area contributed by atoms with Crippen LogP contribution in [0.25, 0.3) is 0 Å². The van der Waals surface area contributed by atoms with Crippen LogP contribution in [-0.4, -0.2) is 34.4 Å². The summed E-state index contributed by atoms with van der Waals surface area (Å²) in [7, 11) is 0. The van der Waals surface area contributed by atoms with E-state index in [4.69, 9.17) is 5.11 Å². The van der Waals surface area contributed by atoms with E-state index in [-0.39, 0.29) is 13.2 Å². The molecule has 1 aromatic rings. The van der Waals surface area contributed by atoms with Gasteiger partial charge in [-0.25, -0.2) is 4.98 Å². The Labute approximate surface area is 108 Å². The van der Waals surface area contributed by atoms with E-state index in [2.05, 4.69) is 16.8 Å². The number of anilines is 1. The van der Waals surface area contributed by atoms with Gasteiger partial charge >= 0.3 is 0 Å². The number of aromatic nitrogens is 1. The highest BCUT2D eigenvalue weighted by Crippen LogP contribution is 2.31. The number of hydrogen-bond donors (Lipinski definition) is 2. The Morgan fingerprint density at radius 2 is 2.11 bits per heavy atom. The van der Waals surface area contributed by atoms with Crippen LogP contribution in [0.4, 0.5) is 5.82 Å². The summed E-state index contributed by atoms with van der Waals surface area (Å²) in [6.45, 7) is 2.94. The van der Waals surface area contributed by atoms with Crippen molar-refractivity contribution in [2.75, 3.05) is 18.1 Å². The first-order valence-corrected chi connectivity index (χ1v) is 6.76. The van der Waals surface area contributed by atoms with Crippen LogP contribution in [0.1, 0.15) is 37.4 Å². The van der Waals surface area contributed by atoms with Gasteiger partial charge < -0.3 is 15.1 Å². The first-order chi connectivity index (χ1) is 8.78. The molecule has 1 aliphatic carbocycles. The quantitative estimate of drug-likeness (QED) is 0.770. The molecule has 2 rings (SSSR count). The van der Waals surface area contributed by atoms with Crippen LogP contribution in [0.5, 0.6) is 0 Å². The average Bonchev–Trinajstić information content (AvgIpc) is 3.20. The molecule has 1 heterocycles. The van der Waals surface area contributed by atoms with Crippen LogP contribution >= 0.6 is 0 Å². The van der Waals surface area contributed by atoms with Crippen LogP contribution in [0.15, 0.2) is 12.1 Å². The van der Waals surface area contributed by atoms with Gasteiger partial charge in [0.2, 0.25) is 0 Å². The lowest BCUT2D eigenvalue weighted by atomic mass is 10.1. The molecular weight excluding hydrogens is 228 g/mol. The molecule has 2 N–H and O–H groups in total. The van der Waals surface area contributed by atoms with Crippen molar-refractivity contribution in [2.24, 2.45) is 0 Å². The van der Waals surface area contributed by atoms with E-state index < -0.39 is 0 Å². The molecule has 0 aliphatic heterocycles. The van der Waals surface area contributed by atoms with Crippen molar-refractivity contribution < 1.29 is 10.2 Å². The molecular formula is C14H22N2O2. The van der Waals surface area contributed by atoms with Crippen molar-refractivity contribution in [1.82, 2.24) is 4.98 Å². The number of hydrogen-bond acceptors (Lipinski definition) is 4. The third kappa shape index (κ3) is 3.21. The summed E-state index contributed by atoms with van der Waals surface area (Å²) in [5.41, 5.74) is 1.94. The summed E-state index contributed by atoms with van der Waals surface area (Å²) in [6, 6.07) is 4.43. The van der Waals surface area contributed by atoms with Gasteiger partial charge in [-0.1, -0.05) is 13.3 Å². The van der Waals surface area contributed by atoms with Crippen LogP contribution in [-0.2, 0) is 13.0 Å². The average molecular weight is 250 g/mol. The van der Waals surface area contributed by atoms with E-state index in [0.717, 1.165) is 29.9 Å². The van der Waals surface area contributed by atoms with Crippen molar-refractivity contribution in [3.63, 3.8) is 0 Å². The lowest BCUT2D eigenvalue weighted by molar-refractivity contribution is 0.281. The van der Waals surface area contributed by atoms with Gasteiger partial charge in [0.25, 0.3) is 0 Å². The van der Waals surface area contributed by atoms with E-state index in [1.165, 1.54) is 12.8 Å². The van der Waals surface area contributed by atoms with Crippen LogP contribution < -0.4 is 4.90 Å². The number of aryl methyl sites for hydroxylation is 1. The summed E-state index contributed by atoms with van der Waals surface area (Å²) >= 11 is 0. The van der Waals surface area contributed by atoms with Crippen molar-refractivity contribution in [3.05, 3.63) is 23.4 Å². The number of aliphatic hydroxyl groups excluding tert-OH is 2. The Hall–Kier alpha value is -1.13. The van der Waals surface area contributed by atoms with Gasteiger partial charge in [-0.05, 0) is 37.0 Å². The van der Waals surface area contributed by atoms with E-state index >= 15 is 0 Å². The van der Waals surface area contributed by atoms with Crippen LogP contribution in [0, 0.1) is 0 Å². The summed E-state index contributed by atoms with van der Waals surface area (Å²) in [5, 5.41) is 18.5. The second-order valence-corrected chi connectivity index (χ2v) is 4.88. The Morgan fingerprint density at radius 3 is 2.67 bits per heavy atom. The fourth-order valence-corrected chi connectivity index (χ4v) is 2.23. The first-order valence-electron chi connectivity index (χ1n) is 6.76. The van der Waals surface area contributed by atoms with Crippen molar-refractivity contribution in [2.45, 2.75) is 45.3 Å². The minimum atomic E-state index is 0.0455. The third-order valence-electron chi connectivity index (χ3n) is 3.24. The molecule has 4 nitrogen and oxygen atoms in total. The van der Waals surface area contributed by atoms with Crippen molar-refractivity contribution in [3.8, 4) is 0 Å². The van der Waals surface area contributed by atoms with Gasteiger partial charge in [0.1, 0.15) is 5.82 Å². The predicted octanol–water partition coefficient (Wildman–Crippen LogP) is 1.49. The zero-order chi connectivity index (χ0) is 13.0. The monoisotopic (exact) mass is 250 g/mol. The maximum Gasteiger partial charge on any atom is 0.129 e. The van der Waals surface area contributed by atoms with Crippen molar-refractivity contribution >= 4 is 5.82 Å². The number of pyridine rings is 1. The molecule has 1 fully saturated rings. The summed E-state index contributed by atoms with van der Waals surface area (Å²) < 4.78 is 0. The Kier molecular flexibility index (Phi) is 4.55. The molecule has 4 heteroatoms. The molecule has 18 heavy (non-hydrogen) atoms. The number of nitrogens with zero attached hydrogens (tertiary/aromatic N) is 2. The molecule has 0 radical (unpaired) electrons. The van der Waals surface area contributed by atoms with Gasteiger partial charge in [0.15, 0.2) is 0 Å². The largest absolute Gasteiger partial charge is 0.395 e. The second-order valence-electron chi connectivity index (χ2n) is 4.88. The fraction of sp³-hybridized carbons (Fsp3) is 0.643. The number of rotatable bonds is 7. The maximum absolute atomic E-state index is 9.32. The summed E-state index contributed by atoms with van der Waals surface area (Å²) in [6.07, 6.45) is 4.32. The van der Waals surface area contributed by atoms with Gasteiger partial charge in [-0.15, -0.1) is 0 Å². The highest BCUT2D eigenvalue weighted by molar-refractivity contribution is 5.45. The molecule has 0 bridgehead atoms. The zero-order valence-corrected chi connectivity index (χ0v) is 11.0. The van der Waals surface area contributed by atoms with Crippen LogP contribution in [0.3, 0.4) is 0 Å². The Morgan fingerprint density at radius 1 is 1.33 bits per heavy atom. The van der Waals surface area contributed by atoms with Gasteiger partial charge in [-0.2, -0.15) is 0 Å². The predicted molar refractivity (Wildman–Crippen MR) is 71.6 cm³/mol. The smallest absolute Gasteiger partial charge is 0.129 e.